The Morgan fingerprint density at radius 2 is 2.19 bits per heavy atom. The van der Waals surface area contributed by atoms with Crippen molar-refractivity contribution in [1.82, 2.24) is 25.0 Å². The van der Waals surface area contributed by atoms with Gasteiger partial charge in [0, 0.05) is 18.6 Å². The summed E-state index contributed by atoms with van der Waals surface area (Å²) in [5.74, 6) is -0.139. The number of carbonyl (C=O) groups excluding carboxylic acids is 1. The molecule has 0 amide bonds. The third-order valence-electron chi connectivity index (χ3n) is 5.38. The van der Waals surface area contributed by atoms with Crippen molar-refractivity contribution in [3.63, 3.8) is 0 Å². The highest BCUT2D eigenvalue weighted by molar-refractivity contribution is 5.82. The van der Waals surface area contributed by atoms with Crippen molar-refractivity contribution in [3.8, 4) is 0 Å². The Hall–Kier alpha value is -2.59. The van der Waals surface area contributed by atoms with Crippen molar-refractivity contribution in [3.05, 3.63) is 18.5 Å². The van der Waals surface area contributed by atoms with Gasteiger partial charge in [-0.1, -0.05) is 17.4 Å². The maximum atomic E-state index is 11.7. The molecule has 2 aliphatic rings. The minimum absolute atomic E-state index is 0.0541. The third kappa shape index (κ3) is 3.26. The van der Waals surface area contributed by atoms with Crippen LogP contribution in [0.2, 0.25) is 0 Å². The molecule has 0 bridgehead atoms. The number of rotatable bonds is 5. The van der Waals surface area contributed by atoms with E-state index in [1.807, 2.05) is 12.2 Å². The van der Waals surface area contributed by atoms with Crippen LogP contribution in [-0.2, 0) is 9.53 Å². The van der Waals surface area contributed by atoms with Crippen molar-refractivity contribution >= 4 is 23.0 Å². The van der Waals surface area contributed by atoms with Crippen LogP contribution in [0.1, 0.15) is 25.3 Å². The number of nitrogens with one attached hydrogen (secondary N) is 1. The van der Waals surface area contributed by atoms with Crippen LogP contribution in [0.3, 0.4) is 0 Å². The summed E-state index contributed by atoms with van der Waals surface area (Å²) >= 11 is 0. The predicted octanol–water partition coefficient (Wildman–Crippen LogP) is 0.0552. The molecule has 144 valence electrons. The van der Waals surface area contributed by atoms with Crippen molar-refractivity contribution in [2.75, 3.05) is 19.0 Å². The minimum atomic E-state index is -0.558. The number of carbonyl (C=O) groups is 1. The average molecular weight is 374 g/mol. The molecule has 2 heterocycles. The van der Waals surface area contributed by atoms with Crippen molar-refractivity contribution < 1.29 is 19.7 Å². The number of hydrogen-bond donors (Lipinski definition) is 3. The van der Waals surface area contributed by atoms with Gasteiger partial charge in [-0.05, 0) is 19.3 Å². The fourth-order valence-electron chi connectivity index (χ4n) is 3.89. The first kappa shape index (κ1) is 17.8. The van der Waals surface area contributed by atoms with E-state index in [1.165, 1.54) is 13.4 Å². The number of methoxy groups -OCH3 is 1. The van der Waals surface area contributed by atoms with Crippen LogP contribution in [0.5, 0.6) is 0 Å². The fourth-order valence-corrected chi connectivity index (χ4v) is 3.89. The highest BCUT2D eigenvalue weighted by atomic mass is 16.5. The van der Waals surface area contributed by atoms with Crippen LogP contribution >= 0.6 is 0 Å². The van der Waals surface area contributed by atoms with Gasteiger partial charge < -0.3 is 20.3 Å². The van der Waals surface area contributed by atoms with E-state index in [0.717, 1.165) is 0 Å². The highest BCUT2D eigenvalue weighted by Gasteiger charge is 2.35. The molecule has 0 radical (unpaired) electrons. The summed E-state index contributed by atoms with van der Waals surface area (Å²) in [7, 11) is 1.38. The van der Waals surface area contributed by atoms with Gasteiger partial charge in [-0.15, -0.1) is 5.10 Å². The van der Waals surface area contributed by atoms with Gasteiger partial charge in [0.25, 0.3) is 0 Å². The number of ether oxygens (including phenoxy) is 1. The van der Waals surface area contributed by atoms with Crippen LogP contribution in [0.25, 0.3) is 11.2 Å². The highest BCUT2D eigenvalue weighted by Crippen LogP contribution is 2.36. The molecule has 27 heavy (non-hydrogen) atoms. The van der Waals surface area contributed by atoms with Gasteiger partial charge in [0.1, 0.15) is 6.33 Å². The van der Waals surface area contributed by atoms with Gasteiger partial charge in [0.05, 0.1) is 25.2 Å². The van der Waals surface area contributed by atoms with Crippen LogP contribution in [0, 0.1) is 11.8 Å². The zero-order valence-corrected chi connectivity index (χ0v) is 14.9. The van der Waals surface area contributed by atoms with Gasteiger partial charge >= 0.3 is 5.97 Å². The van der Waals surface area contributed by atoms with E-state index in [0.29, 0.717) is 36.2 Å². The first-order valence-electron chi connectivity index (χ1n) is 8.98. The molecule has 5 atom stereocenters. The fraction of sp³-hybridized carbons (Fsp3) is 0.588. The molecule has 0 aliphatic heterocycles. The monoisotopic (exact) mass is 374 g/mol. The van der Waals surface area contributed by atoms with Crippen LogP contribution in [0.4, 0.5) is 5.82 Å². The Morgan fingerprint density at radius 3 is 2.93 bits per heavy atom. The minimum Gasteiger partial charge on any atom is -0.469 e. The Morgan fingerprint density at radius 1 is 1.33 bits per heavy atom. The number of hydrogen-bond acceptors (Lipinski definition) is 9. The molecule has 3 N–H and O–H groups in total. The van der Waals surface area contributed by atoms with Crippen molar-refractivity contribution in [1.29, 1.82) is 0 Å². The van der Waals surface area contributed by atoms with Crippen LogP contribution in [-0.4, -0.2) is 67.0 Å². The maximum absolute atomic E-state index is 11.7. The van der Waals surface area contributed by atoms with E-state index < -0.39 is 6.10 Å². The van der Waals surface area contributed by atoms with E-state index in [2.05, 4.69) is 25.6 Å². The molecule has 10 heteroatoms. The Bertz CT molecular complexity index is 868. The van der Waals surface area contributed by atoms with Gasteiger partial charge in [0.15, 0.2) is 17.0 Å². The number of nitrogens with zero attached hydrogens (tertiary/aromatic N) is 5. The quantitative estimate of drug-likeness (QED) is 0.490. The lowest BCUT2D eigenvalue weighted by molar-refractivity contribution is -0.143. The lowest BCUT2D eigenvalue weighted by Gasteiger charge is -2.14. The number of aliphatic hydroxyl groups excluding tert-OH is 2. The summed E-state index contributed by atoms with van der Waals surface area (Å²) in [5.41, 5.74) is 1.11. The van der Waals surface area contributed by atoms with Gasteiger partial charge in [-0.2, -0.15) is 0 Å². The number of aliphatic hydroxyl groups is 2. The lowest BCUT2D eigenvalue weighted by Crippen LogP contribution is -2.20. The SMILES string of the molecule is COC(=O)[C@H]1C=C[C@@H](Nc2ncnc3c2nnn3C2CC(O)C(CO)C2)C1. The third-order valence-corrected chi connectivity index (χ3v) is 5.38. The zero-order chi connectivity index (χ0) is 19.0. The van der Waals surface area contributed by atoms with E-state index >= 15 is 0 Å². The molecule has 1 fully saturated rings. The molecule has 2 aromatic heterocycles. The average Bonchev–Trinajstić information content (AvgIpc) is 3.39. The summed E-state index contributed by atoms with van der Waals surface area (Å²) < 4.78 is 6.48. The Balaban J connectivity index is 1.54. The molecule has 0 saturated heterocycles. The first-order valence-corrected chi connectivity index (χ1v) is 8.98. The molecule has 0 spiro atoms. The summed E-state index contributed by atoms with van der Waals surface area (Å²) in [6.07, 6.45) is 6.33. The van der Waals surface area contributed by atoms with E-state index in [1.54, 1.807) is 4.68 Å². The number of fused-ring (bicyclic) bond motifs is 1. The normalized spacial score (nSPS) is 30.1. The van der Waals surface area contributed by atoms with Crippen molar-refractivity contribution in [2.24, 2.45) is 11.8 Å². The predicted molar refractivity (Wildman–Crippen MR) is 94.6 cm³/mol. The van der Waals surface area contributed by atoms with E-state index in [4.69, 9.17) is 4.74 Å². The Labute approximate surface area is 155 Å². The topological polar surface area (TPSA) is 135 Å². The van der Waals surface area contributed by atoms with Crippen LogP contribution in [0.15, 0.2) is 18.5 Å². The smallest absolute Gasteiger partial charge is 0.312 e. The summed E-state index contributed by atoms with van der Waals surface area (Å²) in [4.78, 5) is 20.2. The second-order valence-electron chi connectivity index (χ2n) is 7.06. The molecule has 1 saturated carbocycles. The summed E-state index contributed by atoms with van der Waals surface area (Å²) in [6, 6.07) is -0.135. The lowest BCUT2D eigenvalue weighted by atomic mass is 10.1. The molecular weight excluding hydrogens is 352 g/mol. The second-order valence-corrected chi connectivity index (χ2v) is 7.06. The van der Waals surface area contributed by atoms with Crippen LogP contribution < -0.4 is 5.32 Å². The first-order chi connectivity index (χ1) is 13.1. The standard InChI is InChI=1S/C17H22N6O4/c1-27-17(26)9-2-3-11(4-9)20-15-14-16(19-8-18-15)23(22-21-14)12-5-10(7-24)13(25)6-12/h2-3,8-13,24-25H,4-7H2,1H3,(H,18,19,20)/t9-,10?,11+,12?,13?/m0/s1. The van der Waals surface area contributed by atoms with Gasteiger partial charge in [-0.3, -0.25) is 4.79 Å². The summed E-state index contributed by atoms with van der Waals surface area (Å²) in [5, 5.41) is 31.1. The summed E-state index contributed by atoms with van der Waals surface area (Å²) in [6.45, 7) is -0.0541. The van der Waals surface area contributed by atoms with Gasteiger partial charge in [0.2, 0.25) is 0 Å². The van der Waals surface area contributed by atoms with E-state index in [9.17, 15) is 15.0 Å². The van der Waals surface area contributed by atoms with E-state index in [-0.39, 0.29) is 36.5 Å². The molecule has 10 nitrogen and oxygen atoms in total. The molecule has 2 aromatic rings. The number of anilines is 1. The zero-order valence-electron chi connectivity index (χ0n) is 14.9. The molecule has 0 aromatic carbocycles. The maximum Gasteiger partial charge on any atom is 0.312 e. The molecule has 2 aliphatic carbocycles. The molecule has 4 rings (SSSR count). The largest absolute Gasteiger partial charge is 0.469 e. The van der Waals surface area contributed by atoms with Crippen molar-refractivity contribution in [2.45, 2.75) is 37.5 Å². The Kier molecular flexibility index (Phi) is 4.75. The molecular formula is C17H22N6O4. The number of aromatic nitrogens is 5. The number of esters is 1. The van der Waals surface area contributed by atoms with Gasteiger partial charge in [-0.25, -0.2) is 14.6 Å². The second kappa shape index (κ2) is 7.20. The molecule has 3 unspecified atom stereocenters.